The average molecular weight is 323 g/mol. The Bertz CT molecular complexity index is 477. The van der Waals surface area contributed by atoms with E-state index in [2.05, 4.69) is 55.4 Å². The van der Waals surface area contributed by atoms with Crippen LogP contribution in [0.15, 0.2) is 0 Å². The van der Waals surface area contributed by atoms with Crippen LogP contribution in [0.5, 0.6) is 0 Å². The first-order chi connectivity index (χ1) is 10.2. The molecule has 0 bridgehead atoms. The topological polar surface area (TPSA) is 0 Å². The van der Waals surface area contributed by atoms with Crippen LogP contribution in [0.2, 0.25) is 0 Å². The SMILES string of the molecule is CC(C)(C)C1CC1CC(C)(C)C1(F)CC1CC(C)(C)C1(C)CC1. The zero-order chi connectivity index (χ0) is 17.5. The highest BCUT2D eigenvalue weighted by Gasteiger charge is 2.67. The molecule has 0 spiro atoms. The summed E-state index contributed by atoms with van der Waals surface area (Å²) in [6.07, 6.45) is 6.97. The first-order valence-corrected chi connectivity index (χ1v) is 9.91. The molecule has 0 aromatic rings. The molecule has 1 heteroatoms. The minimum absolute atomic E-state index is 0.150. The van der Waals surface area contributed by atoms with Gasteiger partial charge in [0.25, 0.3) is 0 Å². The summed E-state index contributed by atoms with van der Waals surface area (Å²) in [6.45, 7) is 18.6. The standard InChI is InChI=1S/C22H39F/c1-18(2,3)17-11-15(17)12-20(6,7)22(23)14-16(22)13-19(4,5)21(8)9-10-21/h15-17H,9-14H2,1-8H3. The molecule has 134 valence electrons. The molecule has 0 aromatic heterocycles. The van der Waals surface area contributed by atoms with Gasteiger partial charge in [0.1, 0.15) is 5.67 Å². The molecule has 3 aliphatic rings. The van der Waals surface area contributed by atoms with Crippen LogP contribution in [-0.4, -0.2) is 5.67 Å². The Balaban J connectivity index is 1.59. The van der Waals surface area contributed by atoms with Gasteiger partial charge in [0.05, 0.1) is 0 Å². The van der Waals surface area contributed by atoms with Crippen molar-refractivity contribution >= 4 is 0 Å². The Labute approximate surface area is 144 Å². The van der Waals surface area contributed by atoms with Gasteiger partial charge in [-0.05, 0) is 77.9 Å². The van der Waals surface area contributed by atoms with Crippen molar-refractivity contribution in [1.82, 2.24) is 0 Å². The lowest BCUT2D eigenvalue weighted by Crippen LogP contribution is -2.33. The molecule has 3 rings (SSSR count). The third-order valence-corrected chi connectivity index (χ3v) is 8.35. The molecule has 0 N–H and O–H groups in total. The number of rotatable bonds is 6. The van der Waals surface area contributed by atoms with E-state index in [-0.39, 0.29) is 5.41 Å². The predicted octanol–water partition coefficient (Wildman–Crippen LogP) is 7.03. The van der Waals surface area contributed by atoms with Gasteiger partial charge in [-0.3, -0.25) is 0 Å². The lowest BCUT2D eigenvalue weighted by Gasteiger charge is -2.35. The first kappa shape index (κ1) is 17.7. The highest BCUT2D eigenvalue weighted by atomic mass is 19.1. The minimum Gasteiger partial charge on any atom is -0.243 e. The summed E-state index contributed by atoms with van der Waals surface area (Å²) < 4.78 is 15.7. The molecule has 0 saturated heterocycles. The molecule has 0 aliphatic heterocycles. The van der Waals surface area contributed by atoms with E-state index in [1.165, 1.54) is 19.3 Å². The van der Waals surface area contributed by atoms with E-state index < -0.39 is 5.67 Å². The summed E-state index contributed by atoms with van der Waals surface area (Å²) in [5, 5.41) is 0. The summed E-state index contributed by atoms with van der Waals surface area (Å²) in [5.41, 5.74) is 0.128. The summed E-state index contributed by atoms with van der Waals surface area (Å²) in [6, 6.07) is 0. The fraction of sp³-hybridized carbons (Fsp3) is 1.00. The molecule has 4 unspecified atom stereocenters. The van der Waals surface area contributed by atoms with E-state index in [0.29, 0.717) is 22.2 Å². The van der Waals surface area contributed by atoms with Crippen LogP contribution in [0.25, 0.3) is 0 Å². The quantitative estimate of drug-likeness (QED) is 0.492. The molecule has 3 fully saturated rings. The van der Waals surface area contributed by atoms with Gasteiger partial charge < -0.3 is 0 Å². The molecular formula is C22H39F. The molecule has 0 nitrogen and oxygen atoms in total. The maximum Gasteiger partial charge on any atom is 0.119 e. The van der Waals surface area contributed by atoms with Crippen LogP contribution in [0.1, 0.15) is 93.9 Å². The fourth-order valence-corrected chi connectivity index (χ4v) is 5.45. The summed E-state index contributed by atoms with van der Waals surface area (Å²) in [4.78, 5) is 0. The molecular weight excluding hydrogens is 283 g/mol. The second-order valence-electron chi connectivity index (χ2n) is 12.0. The maximum absolute atomic E-state index is 15.7. The van der Waals surface area contributed by atoms with Crippen LogP contribution in [0, 0.1) is 39.4 Å². The average Bonchev–Trinajstić information content (AvgIpc) is 3.20. The third kappa shape index (κ3) is 2.99. The van der Waals surface area contributed by atoms with Gasteiger partial charge in [-0.25, -0.2) is 4.39 Å². The van der Waals surface area contributed by atoms with Crippen molar-refractivity contribution in [2.45, 2.75) is 99.6 Å². The highest BCUT2D eigenvalue weighted by Crippen LogP contribution is 2.69. The number of alkyl halides is 1. The number of hydrogen-bond acceptors (Lipinski definition) is 0. The van der Waals surface area contributed by atoms with E-state index in [0.717, 1.165) is 31.1 Å². The molecule has 0 amide bonds. The molecule has 0 aromatic carbocycles. The molecule has 3 aliphatic carbocycles. The lowest BCUT2D eigenvalue weighted by molar-refractivity contribution is 0.0644. The van der Waals surface area contributed by atoms with E-state index in [4.69, 9.17) is 0 Å². The number of halogens is 1. The Morgan fingerprint density at radius 2 is 1.48 bits per heavy atom. The van der Waals surface area contributed by atoms with Crippen molar-refractivity contribution in [3.8, 4) is 0 Å². The van der Waals surface area contributed by atoms with Crippen LogP contribution in [0.3, 0.4) is 0 Å². The zero-order valence-corrected chi connectivity index (χ0v) is 16.9. The first-order valence-electron chi connectivity index (χ1n) is 9.91. The van der Waals surface area contributed by atoms with Crippen LogP contribution in [0.4, 0.5) is 4.39 Å². The van der Waals surface area contributed by atoms with Gasteiger partial charge in [0, 0.05) is 0 Å². The smallest absolute Gasteiger partial charge is 0.119 e. The van der Waals surface area contributed by atoms with E-state index in [1.54, 1.807) is 0 Å². The third-order valence-electron chi connectivity index (χ3n) is 8.35. The Morgan fingerprint density at radius 1 is 0.913 bits per heavy atom. The van der Waals surface area contributed by atoms with Crippen molar-refractivity contribution in [1.29, 1.82) is 0 Å². The second-order valence-corrected chi connectivity index (χ2v) is 12.0. The molecule has 0 heterocycles. The Kier molecular flexibility index (Phi) is 3.67. The second kappa shape index (κ2) is 4.76. The molecule has 4 atom stereocenters. The van der Waals surface area contributed by atoms with E-state index in [9.17, 15) is 0 Å². The highest BCUT2D eigenvalue weighted by molar-refractivity contribution is 5.16. The Morgan fingerprint density at radius 3 is 1.91 bits per heavy atom. The van der Waals surface area contributed by atoms with Crippen LogP contribution >= 0.6 is 0 Å². The molecule has 23 heavy (non-hydrogen) atoms. The summed E-state index contributed by atoms with van der Waals surface area (Å²) in [5.74, 6) is 1.87. The van der Waals surface area contributed by atoms with Crippen molar-refractivity contribution in [2.24, 2.45) is 39.4 Å². The molecule has 0 radical (unpaired) electrons. The van der Waals surface area contributed by atoms with Crippen molar-refractivity contribution in [3.63, 3.8) is 0 Å². The summed E-state index contributed by atoms with van der Waals surface area (Å²) in [7, 11) is 0. The Hall–Kier alpha value is -0.0700. The van der Waals surface area contributed by atoms with Gasteiger partial charge in [-0.1, -0.05) is 55.4 Å². The van der Waals surface area contributed by atoms with Gasteiger partial charge in [-0.2, -0.15) is 0 Å². The van der Waals surface area contributed by atoms with Crippen LogP contribution in [-0.2, 0) is 0 Å². The normalized spacial score (nSPS) is 39.3. The van der Waals surface area contributed by atoms with Gasteiger partial charge in [0.2, 0.25) is 0 Å². The minimum atomic E-state index is -0.902. The monoisotopic (exact) mass is 322 g/mol. The lowest BCUT2D eigenvalue weighted by atomic mass is 9.71. The van der Waals surface area contributed by atoms with E-state index in [1.807, 2.05) is 0 Å². The van der Waals surface area contributed by atoms with Crippen molar-refractivity contribution in [2.75, 3.05) is 0 Å². The fourth-order valence-electron chi connectivity index (χ4n) is 5.45. The maximum atomic E-state index is 15.7. The predicted molar refractivity (Wildman–Crippen MR) is 97.1 cm³/mol. The van der Waals surface area contributed by atoms with Crippen molar-refractivity contribution in [3.05, 3.63) is 0 Å². The summed E-state index contributed by atoms with van der Waals surface area (Å²) >= 11 is 0. The van der Waals surface area contributed by atoms with Crippen molar-refractivity contribution < 1.29 is 4.39 Å². The van der Waals surface area contributed by atoms with E-state index >= 15 is 4.39 Å². The van der Waals surface area contributed by atoms with Gasteiger partial charge in [0.15, 0.2) is 0 Å². The largest absolute Gasteiger partial charge is 0.243 e. The van der Waals surface area contributed by atoms with Gasteiger partial charge in [-0.15, -0.1) is 0 Å². The number of hydrogen-bond donors (Lipinski definition) is 0. The van der Waals surface area contributed by atoms with Gasteiger partial charge >= 0.3 is 0 Å². The van der Waals surface area contributed by atoms with Crippen LogP contribution < -0.4 is 0 Å². The zero-order valence-electron chi connectivity index (χ0n) is 16.9. The molecule has 3 saturated carbocycles.